The number of benzene rings is 1. The first-order valence-corrected chi connectivity index (χ1v) is 8.84. The molecule has 0 aliphatic heterocycles. The zero-order valence-corrected chi connectivity index (χ0v) is 16.0. The first kappa shape index (κ1) is 19.5. The Hall–Kier alpha value is -3.29. The Morgan fingerprint density at radius 3 is 2.64 bits per heavy atom. The highest BCUT2D eigenvalue weighted by Crippen LogP contribution is 2.22. The van der Waals surface area contributed by atoms with Crippen molar-refractivity contribution < 1.29 is 18.7 Å². The lowest BCUT2D eigenvalue weighted by atomic mass is 10.1. The summed E-state index contributed by atoms with van der Waals surface area (Å²) in [6, 6.07) is 7.70. The van der Waals surface area contributed by atoms with Gasteiger partial charge in [0.2, 0.25) is 0 Å². The van der Waals surface area contributed by atoms with Crippen molar-refractivity contribution in [3.63, 3.8) is 0 Å². The van der Waals surface area contributed by atoms with E-state index in [4.69, 9.17) is 4.74 Å². The van der Waals surface area contributed by atoms with Crippen LogP contribution in [0.4, 0.5) is 4.39 Å². The second-order valence-electron chi connectivity index (χ2n) is 6.52. The molecule has 0 aliphatic rings. The van der Waals surface area contributed by atoms with Crippen LogP contribution in [0.25, 0.3) is 11.0 Å². The summed E-state index contributed by atoms with van der Waals surface area (Å²) in [6.45, 7) is 3.55. The number of hydrogen-bond acceptors (Lipinski definition) is 5. The maximum atomic E-state index is 12.9. The Balaban J connectivity index is 1.57. The summed E-state index contributed by atoms with van der Waals surface area (Å²) < 4.78 is 19.7. The van der Waals surface area contributed by atoms with E-state index in [0.29, 0.717) is 41.0 Å². The third kappa shape index (κ3) is 4.33. The lowest BCUT2D eigenvalue weighted by Crippen LogP contribution is -2.30. The van der Waals surface area contributed by atoms with Crippen LogP contribution in [-0.4, -0.2) is 39.8 Å². The normalized spacial score (nSPS) is 10.9. The quantitative estimate of drug-likeness (QED) is 0.659. The predicted octanol–water partition coefficient (Wildman–Crippen LogP) is 2.24. The molecule has 8 heteroatoms. The van der Waals surface area contributed by atoms with E-state index in [1.807, 2.05) is 0 Å². The van der Waals surface area contributed by atoms with E-state index in [2.05, 4.69) is 15.4 Å². The highest BCUT2D eigenvalue weighted by Gasteiger charge is 2.19. The Labute approximate surface area is 161 Å². The zero-order valence-electron chi connectivity index (χ0n) is 16.0. The average Bonchev–Trinajstić information content (AvgIpc) is 2.94. The first-order chi connectivity index (χ1) is 13.3. The van der Waals surface area contributed by atoms with Gasteiger partial charge in [0.05, 0.1) is 16.6 Å². The highest BCUT2D eigenvalue weighted by atomic mass is 19.1. The van der Waals surface area contributed by atoms with Crippen molar-refractivity contribution in [2.75, 3.05) is 13.2 Å². The molecular weight excluding hydrogens is 363 g/mol. The Bertz CT molecular complexity index is 1030. The average molecular weight is 384 g/mol. The number of carbonyl (C=O) groups is 2. The molecule has 0 unspecified atom stereocenters. The molecule has 0 saturated carbocycles. The van der Waals surface area contributed by atoms with Gasteiger partial charge in [-0.25, -0.2) is 14.2 Å². The van der Waals surface area contributed by atoms with Crippen LogP contribution in [0.5, 0.6) is 0 Å². The fourth-order valence-corrected chi connectivity index (χ4v) is 2.99. The number of aryl methyl sites for hydroxylation is 3. The minimum absolute atomic E-state index is 0.302. The second kappa shape index (κ2) is 8.16. The van der Waals surface area contributed by atoms with Crippen molar-refractivity contribution in [3.05, 3.63) is 58.7 Å². The van der Waals surface area contributed by atoms with Gasteiger partial charge in [-0.05, 0) is 44.0 Å². The number of carbonyl (C=O) groups excluding carboxylic acids is 2. The molecule has 1 N–H and O–H groups in total. The first-order valence-electron chi connectivity index (χ1n) is 8.84. The van der Waals surface area contributed by atoms with Crippen molar-refractivity contribution in [2.24, 2.45) is 7.05 Å². The predicted molar refractivity (Wildman–Crippen MR) is 101 cm³/mol. The third-order valence-electron chi connectivity index (χ3n) is 4.30. The van der Waals surface area contributed by atoms with Gasteiger partial charge in [-0.15, -0.1) is 0 Å². The topological polar surface area (TPSA) is 86.1 Å². The standard InChI is InChI=1S/C20H21FN4O3/c1-12-10-16(18-13(2)24-25(3)19(18)23-12)20(27)28-11-17(26)22-9-8-14-4-6-15(21)7-5-14/h4-7,10H,8-9,11H2,1-3H3,(H,22,26). The molecule has 7 nitrogen and oxygen atoms in total. The SMILES string of the molecule is Cc1cc(C(=O)OCC(=O)NCCc2ccc(F)cc2)c2c(C)nn(C)c2n1. The molecular formula is C20H21FN4O3. The number of halogens is 1. The molecule has 2 heterocycles. The summed E-state index contributed by atoms with van der Waals surface area (Å²) >= 11 is 0. The number of hydrogen-bond donors (Lipinski definition) is 1. The molecule has 28 heavy (non-hydrogen) atoms. The van der Waals surface area contributed by atoms with Gasteiger partial charge < -0.3 is 10.1 Å². The minimum atomic E-state index is -0.597. The van der Waals surface area contributed by atoms with Gasteiger partial charge in [-0.2, -0.15) is 5.10 Å². The molecule has 3 rings (SSSR count). The summed E-state index contributed by atoms with van der Waals surface area (Å²) in [7, 11) is 1.76. The summed E-state index contributed by atoms with van der Waals surface area (Å²) in [6.07, 6.45) is 0.555. The third-order valence-corrected chi connectivity index (χ3v) is 4.30. The molecule has 0 bridgehead atoms. The minimum Gasteiger partial charge on any atom is -0.452 e. The van der Waals surface area contributed by atoms with Crippen molar-refractivity contribution in [3.8, 4) is 0 Å². The van der Waals surface area contributed by atoms with Gasteiger partial charge in [0.25, 0.3) is 5.91 Å². The number of amides is 1. The summed E-state index contributed by atoms with van der Waals surface area (Å²) in [5.41, 5.74) is 3.16. The van der Waals surface area contributed by atoms with Gasteiger partial charge in [0, 0.05) is 19.3 Å². The number of nitrogens with one attached hydrogen (secondary N) is 1. The molecule has 1 aromatic carbocycles. The number of fused-ring (bicyclic) bond motifs is 1. The molecule has 3 aromatic rings. The maximum absolute atomic E-state index is 12.9. The monoisotopic (exact) mass is 384 g/mol. The molecule has 0 spiro atoms. The summed E-state index contributed by atoms with van der Waals surface area (Å²) in [5.74, 6) is -1.30. The number of rotatable bonds is 6. The van der Waals surface area contributed by atoms with Crippen LogP contribution in [0.3, 0.4) is 0 Å². The molecule has 0 atom stereocenters. The van der Waals surface area contributed by atoms with Gasteiger partial charge in [-0.1, -0.05) is 12.1 Å². The van der Waals surface area contributed by atoms with Crippen molar-refractivity contribution in [1.29, 1.82) is 0 Å². The van der Waals surface area contributed by atoms with Crippen LogP contribution in [-0.2, 0) is 23.0 Å². The van der Waals surface area contributed by atoms with Crippen LogP contribution in [0, 0.1) is 19.7 Å². The van der Waals surface area contributed by atoms with Crippen LogP contribution in [0.2, 0.25) is 0 Å². The lowest BCUT2D eigenvalue weighted by Gasteiger charge is -2.08. The van der Waals surface area contributed by atoms with E-state index in [1.54, 1.807) is 43.8 Å². The second-order valence-corrected chi connectivity index (χ2v) is 6.52. The van der Waals surface area contributed by atoms with Gasteiger partial charge in [0.15, 0.2) is 12.3 Å². The van der Waals surface area contributed by atoms with E-state index < -0.39 is 11.9 Å². The Morgan fingerprint density at radius 1 is 1.21 bits per heavy atom. The van der Waals surface area contributed by atoms with Crippen LogP contribution in [0.15, 0.2) is 30.3 Å². The number of esters is 1. The van der Waals surface area contributed by atoms with Crippen molar-refractivity contribution in [1.82, 2.24) is 20.1 Å². The number of aromatic nitrogens is 3. The fraction of sp³-hybridized carbons (Fsp3) is 0.300. The molecule has 2 aromatic heterocycles. The largest absolute Gasteiger partial charge is 0.452 e. The van der Waals surface area contributed by atoms with E-state index in [0.717, 1.165) is 5.56 Å². The molecule has 146 valence electrons. The van der Waals surface area contributed by atoms with Gasteiger partial charge in [0.1, 0.15) is 5.82 Å². The Morgan fingerprint density at radius 2 is 1.93 bits per heavy atom. The molecule has 1 amide bonds. The van der Waals surface area contributed by atoms with Crippen molar-refractivity contribution >= 4 is 22.9 Å². The molecule has 0 radical (unpaired) electrons. The van der Waals surface area contributed by atoms with E-state index >= 15 is 0 Å². The van der Waals surface area contributed by atoms with Gasteiger partial charge >= 0.3 is 5.97 Å². The molecule has 0 fully saturated rings. The Kier molecular flexibility index (Phi) is 5.67. The fourth-order valence-electron chi connectivity index (χ4n) is 2.99. The van der Waals surface area contributed by atoms with Crippen LogP contribution in [0.1, 0.15) is 27.3 Å². The van der Waals surface area contributed by atoms with Crippen LogP contribution >= 0.6 is 0 Å². The highest BCUT2D eigenvalue weighted by molar-refractivity contribution is 6.04. The maximum Gasteiger partial charge on any atom is 0.339 e. The number of nitrogens with zero attached hydrogens (tertiary/aromatic N) is 3. The van der Waals surface area contributed by atoms with E-state index in [-0.39, 0.29) is 12.4 Å². The smallest absolute Gasteiger partial charge is 0.339 e. The number of ether oxygens (including phenoxy) is 1. The zero-order chi connectivity index (χ0) is 20.3. The summed E-state index contributed by atoms with van der Waals surface area (Å²) in [5, 5.41) is 7.59. The van der Waals surface area contributed by atoms with Crippen molar-refractivity contribution in [2.45, 2.75) is 20.3 Å². The number of pyridine rings is 1. The lowest BCUT2D eigenvalue weighted by molar-refractivity contribution is -0.124. The van der Waals surface area contributed by atoms with E-state index in [1.165, 1.54) is 12.1 Å². The summed E-state index contributed by atoms with van der Waals surface area (Å²) in [4.78, 5) is 28.8. The van der Waals surface area contributed by atoms with Gasteiger partial charge in [-0.3, -0.25) is 9.48 Å². The molecule has 0 saturated heterocycles. The van der Waals surface area contributed by atoms with E-state index in [9.17, 15) is 14.0 Å². The van der Waals surface area contributed by atoms with Crippen LogP contribution < -0.4 is 5.32 Å². The molecule has 0 aliphatic carbocycles.